The van der Waals surface area contributed by atoms with E-state index in [0.717, 1.165) is 30.5 Å². The number of aliphatic imine (C=N–C) groups is 1. The molecule has 0 bridgehead atoms. The van der Waals surface area contributed by atoms with Gasteiger partial charge in [-0.05, 0) is 57.9 Å². The molecule has 0 aromatic heterocycles. The van der Waals surface area contributed by atoms with E-state index in [4.69, 9.17) is 4.74 Å². The maximum absolute atomic E-state index is 12.4. The summed E-state index contributed by atoms with van der Waals surface area (Å²) in [6, 6.07) is 7.75. The summed E-state index contributed by atoms with van der Waals surface area (Å²) in [6.07, 6.45) is 2.45. The van der Waals surface area contributed by atoms with Crippen LogP contribution in [0.3, 0.4) is 0 Å². The molecule has 9 heteroatoms. The monoisotopic (exact) mass is 432 g/mol. The summed E-state index contributed by atoms with van der Waals surface area (Å²) in [7, 11) is 0. The summed E-state index contributed by atoms with van der Waals surface area (Å²) in [6.45, 7) is 7.29. The maximum Gasteiger partial charge on any atom is 0.328 e. The van der Waals surface area contributed by atoms with Crippen molar-refractivity contribution in [3.8, 4) is 0 Å². The molecule has 3 rings (SSSR count). The number of amides is 2. The first-order valence-corrected chi connectivity index (χ1v) is 11.0. The van der Waals surface area contributed by atoms with Gasteiger partial charge in [-0.2, -0.15) is 0 Å². The number of esters is 1. The fraction of sp³-hybridized carbons (Fsp3) is 0.524. The minimum atomic E-state index is -0.587. The summed E-state index contributed by atoms with van der Waals surface area (Å²) >= 11 is 1.15. The number of thioether (sulfide) groups is 1. The fourth-order valence-corrected chi connectivity index (χ4v) is 4.21. The van der Waals surface area contributed by atoms with Crippen molar-refractivity contribution in [1.82, 2.24) is 5.32 Å². The Morgan fingerprint density at radius 2 is 1.90 bits per heavy atom. The Kier molecular flexibility index (Phi) is 7.02. The molecule has 2 amide bonds. The SMILES string of the molecule is CC(C)(C)OC(=O)CN=C1NC(=O)C(CC(=O)Nc2ccc(N3CCCC3)cc2)S1. The van der Waals surface area contributed by atoms with Crippen LogP contribution in [0.25, 0.3) is 0 Å². The first-order chi connectivity index (χ1) is 14.2. The van der Waals surface area contributed by atoms with E-state index in [-0.39, 0.29) is 24.8 Å². The molecule has 1 atom stereocenters. The van der Waals surface area contributed by atoms with Crippen molar-refractivity contribution in [2.24, 2.45) is 4.99 Å². The van der Waals surface area contributed by atoms with Gasteiger partial charge in [0.2, 0.25) is 11.8 Å². The molecule has 0 spiro atoms. The summed E-state index contributed by atoms with van der Waals surface area (Å²) in [5.74, 6) is -1.00. The number of anilines is 2. The van der Waals surface area contributed by atoms with E-state index in [1.54, 1.807) is 20.8 Å². The molecule has 0 radical (unpaired) electrons. The highest BCUT2D eigenvalue weighted by molar-refractivity contribution is 8.15. The van der Waals surface area contributed by atoms with Crippen LogP contribution in [0.5, 0.6) is 0 Å². The van der Waals surface area contributed by atoms with Gasteiger partial charge in [-0.15, -0.1) is 0 Å². The standard InChI is InChI=1S/C21H28N4O4S/c1-21(2,3)29-18(27)13-22-20-24-19(28)16(30-20)12-17(26)23-14-6-8-15(9-7-14)25-10-4-5-11-25/h6-9,16H,4-5,10-13H2,1-3H3,(H,23,26)(H,22,24,28). The Labute approximate surface area is 180 Å². The number of hydrogen-bond acceptors (Lipinski definition) is 7. The minimum Gasteiger partial charge on any atom is -0.459 e. The molecule has 0 aliphatic carbocycles. The predicted octanol–water partition coefficient (Wildman–Crippen LogP) is 2.54. The summed E-state index contributed by atoms with van der Waals surface area (Å²) in [5, 5.41) is 5.20. The van der Waals surface area contributed by atoms with Crippen LogP contribution in [-0.2, 0) is 19.1 Å². The van der Waals surface area contributed by atoms with Crippen LogP contribution < -0.4 is 15.5 Å². The normalized spacial score (nSPS) is 20.4. The molecule has 8 nitrogen and oxygen atoms in total. The quantitative estimate of drug-likeness (QED) is 0.670. The molecule has 1 aromatic carbocycles. The lowest BCUT2D eigenvalue weighted by molar-refractivity contribution is -0.152. The predicted molar refractivity (Wildman–Crippen MR) is 119 cm³/mol. The Bertz CT molecular complexity index is 826. The number of nitrogens with one attached hydrogen (secondary N) is 2. The molecule has 2 aliphatic heterocycles. The lowest BCUT2D eigenvalue weighted by atomic mass is 10.2. The van der Waals surface area contributed by atoms with Gasteiger partial charge in [0.25, 0.3) is 0 Å². The third-order valence-corrected chi connectivity index (χ3v) is 5.66. The van der Waals surface area contributed by atoms with Crippen molar-refractivity contribution in [1.29, 1.82) is 0 Å². The third-order valence-electron chi connectivity index (χ3n) is 4.54. The van der Waals surface area contributed by atoms with Crippen LogP contribution in [0.15, 0.2) is 29.3 Å². The van der Waals surface area contributed by atoms with Gasteiger partial charge in [0.15, 0.2) is 5.17 Å². The highest BCUT2D eigenvalue weighted by Gasteiger charge is 2.32. The largest absolute Gasteiger partial charge is 0.459 e. The molecule has 30 heavy (non-hydrogen) atoms. The first kappa shape index (κ1) is 22.1. The second kappa shape index (κ2) is 9.51. The van der Waals surface area contributed by atoms with Crippen LogP contribution in [0, 0.1) is 0 Å². The second-order valence-corrected chi connectivity index (χ2v) is 9.49. The molecule has 2 aliphatic rings. The summed E-state index contributed by atoms with van der Waals surface area (Å²) in [5.41, 5.74) is 1.27. The molecule has 2 heterocycles. The van der Waals surface area contributed by atoms with E-state index >= 15 is 0 Å². The number of benzene rings is 1. The highest BCUT2D eigenvalue weighted by atomic mass is 32.2. The Morgan fingerprint density at radius 3 is 2.53 bits per heavy atom. The molecule has 0 saturated carbocycles. The van der Waals surface area contributed by atoms with E-state index in [1.165, 1.54) is 12.8 Å². The Morgan fingerprint density at radius 1 is 1.23 bits per heavy atom. The number of nitrogens with zero attached hydrogens (tertiary/aromatic N) is 2. The molecule has 2 N–H and O–H groups in total. The van der Waals surface area contributed by atoms with Gasteiger partial charge in [-0.3, -0.25) is 19.4 Å². The molecule has 1 aromatic rings. The summed E-state index contributed by atoms with van der Waals surface area (Å²) < 4.78 is 5.19. The number of ether oxygens (including phenoxy) is 1. The maximum atomic E-state index is 12.4. The highest BCUT2D eigenvalue weighted by Crippen LogP contribution is 2.25. The smallest absolute Gasteiger partial charge is 0.328 e. The number of hydrogen-bond donors (Lipinski definition) is 2. The average Bonchev–Trinajstić information content (AvgIpc) is 3.30. The second-order valence-electron chi connectivity index (χ2n) is 8.30. The van der Waals surface area contributed by atoms with E-state index in [2.05, 4.69) is 20.5 Å². The average molecular weight is 433 g/mol. The molecule has 2 fully saturated rings. The zero-order chi connectivity index (χ0) is 21.7. The topological polar surface area (TPSA) is 100 Å². The van der Waals surface area contributed by atoms with Gasteiger partial charge in [0, 0.05) is 30.9 Å². The van der Waals surface area contributed by atoms with E-state index in [9.17, 15) is 14.4 Å². The van der Waals surface area contributed by atoms with Gasteiger partial charge in [-0.1, -0.05) is 11.8 Å². The molecule has 162 valence electrons. The molecular weight excluding hydrogens is 404 g/mol. The fourth-order valence-electron chi connectivity index (χ4n) is 3.24. The Balaban J connectivity index is 1.47. The van der Waals surface area contributed by atoms with Crippen molar-refractivity contribution in [2.75, 3.05) is 29.9 Å². The number of rotatable bonds is 6. The number of amidine groups is 1. The van der Waals surface area contributed by atoms with E-state index < -0.39 is 16.8 Å². The van der Waals surface area contributed by atoms with Crippen LogP contribution >= 0.6 is 11.8 Å². The van der Waals surface area contributed by atoms with Gasteiger partial charge >= 0.3 is 5.97 Å². The van der Waals surface area contributed by atoms with Crippen molar-refractivity contribution < 1.29 is 19.1 Å². The minimum absolute atomic E-state index is 0.0236. The molecule has 1 unspecified atom stereocenters. The van der Waals surface area contributed by atoms with Gasteiger partial charge in [0.1, 0.15) is 17.4 Å². The number of carbonyl (C=O) groups excluding carboxylic acids is 3. The number of carbonyl (C=O) groups is 3. The van der Waals surface area contributed by atoms with Crippen molar-refractivity contribution in [3.63, 3.8) is 0 Å². The molecule has 2 saturated heterocycles. The Hall–Kier alpha value is -2.55. The van der Waals surface area contributed by atoms with Gasteiger partial charge in [-0.25, -0.2) is 0 Å². The lowest BCUT2D eigenvalue weighted by Gasteiger charge is -2.18. The third kappa shape index (κ3) is 6.48. The zero-order valence-corrected chi connectivity index (χ0v) is 18.4. The van der Waals surface area contributed by atoms with Crippen LogP contribution in [0.1, 0.15) is 40.0 Å². The zero-order valence-electron chi connectivity index (χ0n) is 17.6. The van der Waals surface area contributed by atoms with Gasteiger partial charge in [0.05, 0.1) is 0 Å². The van der Waals surface area contributed by atoms with Crippen molar-refractivity contribution >= 4 is 46.1 Å². The molecular formula is C21H28N4O4S. The van der Waals surface area contributed by atoms with Crippen LogP contribution in [0.2, 0.25) is 0 Å². The lowest BCUT2D eigenvalue weighted by Crippen LogP contribution is -2.28. The first-order valence-electron chi connectivity index (χ1n) is 10.1. The van der Waals surface area contributed by atoms with Gasteiger partial charge < -0.3 is 20.3 Å². The van der Waals surface area contributed by atoms with E-state index in [1.807, 2.05) is 24.3 Å². The summed E-state index contributed by atoms with van der Waals surface area (Å²) in [4.78, 5) is 42.6. The van der Waals surface area contributed by atoms with Crippen LogP contribution in [-0.4, -0.2) is 53.4 Å². The van der Waals surface area contributed by atoms with Crippen molar-refractivity contribution in [3.05, 3.63) is 24.3 Å². The van der Waals surface area contributed by atoms with E-state index in [0.29, 0.717) is 10.9 Å². The van der Waals surface area contributed by atoms with Crippen molar-refractivity contribution in [2.45, 2.75) is 50.9 Å². The van der Waals surface area contributed by atoms with Crippen LogP contribution in [0.4, 0.5) is 11.4 Å².